The van der Waals surface area contributed by atoms with E-state index in [2.05, 4.69) is 15.5 Å². The van der Waals surface area contributed by atoms with Gasteiger partial charge in [0.15, 0.2) is 0 Å². The molecule has 24 heavy (non-hydrogen) atoms. The van der Waals surface area contributed by atoms with E-state index >= 15 is 0 Å². The summed E-state index contributed by atoms with van der Waals surface area (Å²) in [5, 5.41) is 21.5. The average Bonchev–Trinajstić information content (AvgIpc) is 3.29. The Bertz CT molecular complexity index is 720. The number of para-hydroxylation sites is 1. The van der Waals surface area contributed by atoms with Crippen molar-refractivity contribution in [2.24, 2.45) is 0 Å². The highest BCUT2D eigenvalue weighted by Gasteiger charge is 2.23. The van der Waals surface area contributed by atoms with Gasteiger partial charge in [-0.3, -0.25) is 9.69 Å². The number of amides is 1. The Morgan fingerprint density at radius 3 is 2.79 bits per heavy atom. The number of nitrogens with zero attached hydrogens (tertiary/aromatic N) is 6. The molecule has 8 heteroatoms. The Kier molecular flexibility index (Phi) is 5.43. The molecule has 0 saturated heterocycles. The number of tetrazole rings is 1. The van der Waals surface area contributed by atoms with Crippen molar-refractivity contribution in [3.8, 4) is 6.07 Å². The number of nitriles is 1. The highest BCUT2D eigenvalue weighted by atomic mass is 32.2. The maximum Gasteiger partial charge on any atom is 0.238 e. The van der Waals surface area contributed by atoms with Crippen LogP contribution in [0.25, 0.3) is 0 Å². The first kappa shape index (κ1) is 16.5. The molecule has 1 aliphatic carbocycles. The van der Waals surface area contributed by atoms with Crippen molar-refractivity contribution in [1.29, 1.82) is 5.26 Å². The smallest absolute Gasteiger partial charge is 0.238 e. The largest absolute Gasteiger partial charge is 0.298 e. The zero-order chi connectivity index (χ0) is 16.8. The SMILES string of the molecule is N#CCN(C(=O)CSc1nnnn1C1CCCC1)c1ccccc1. The van der Waals surface area contributed by atoms with Crippen molar-refractivity contribution in [2.75, 3.05) is 17.2 Å². The molecule has 7 nitrogen and oxygen atoms in total. The van der Waals surface area contributed by atoms with Crippen LogP contribution in [0.15, 0.2) is 35.5 Å². The molecule has 0 aliphatic heterocycles. The second kappa shape index (κ2) is 7.93. The third-order valence-corrected chi connectivity index (χ3v) is 4.97. The van der Waals surface area contributed by atoms with Gasteiger partial charge in [-0.25, -0.2) is 4.68 Å². The summed E-state index contributed by atoms with van der Waals surface area (Å²) in [6, 6.07) is 11.6. The standard InChI is InChI=1S/C16H18N6OS/c17-10-11-21(13-6-2-1-3-7-13)15(23)12-24-16-18-19-20-22(16)14-8-4-5-9-14/h1-3,6-7,14H,4-5,8-9,11-12H2. The third-order valence-electron chi connectivity index (χ3n) is 4.06. The van der Waals surface area contributed by atoms with Crippen LogP contribution in [0.5, 0.6) is 0 Å². The number of benzene rings is 1. The molecule has 0 unspecified atom stereocenters. The predicted molar refractivity (Wildman–Crippen MR) is 90.5 cm³/mol. The highest BCUT2D eigenvalue weighted by molar-refractivity contribution is 7.99. The van der Waals surface area contributed by atoms with E-state index in [9.17, 15) is 4.79 Å². The van der Waals surface area contributed by atoms with E-state index in [0.717, 1.165) is 18.5 Å². The molecule has 3 rings (SSSR count). The van der Waals surface area contributed by atoms with Gasteiger partial charge in [0, 0.05) is 5.69 Å². The first-order valence-corrected chi connectivity index (χ1v) is 8.91. The van der Waals surface area contributed by atoms with Crippen molar-refractivity contribution in [2.45, 2.75) is 36.9 Å². The number of thioether (sulfide) groups is 1. The van der Waals surface area contributed by atoms with E-state index in [-0.39, 0.29) is 18.2 Å². The Balaban J connectivity index is 1.66. The van der Waals surface area contributed by atoms with Crippen molar-refractivity contribution < 1.29 is 4.79 Å². The summed E-state index contributed by atoms with van der Waals surface area (Å²) in [6.07, 6.45) is 4.54. The lowest BCUT2D eigenvalue weighted by Gasteiger charge is -2.19. The van der Waals surface area contributed by atoms with Crippen molar-refractivity contribution in [1.82, 2.24) is 20.2 Å². The molecule has 0 N–H and O–H groups in total. The maximum absolute atomic E-state index is 12.5. The monoisotopic (exact) mass is 342 g/mol. The van der Waals surface area contributed by atoms with Crippen LogP contribution >= 0.6 is 11.8 Å². The van der Waals surface area contributed by atoms with Crippen molar-refractivity contribution in [3.05, 3.63) is 30.3 Å². The van der Waals surface area contributed by atoms with E-state index < -0.39 is 0 Å². The normalized spacial score (nSPS) is 14.5. The fraction of sp³-hybridized carbons (Fsp3) is 0.438. The van der Waals surface area contributed by atoms with Gasteiger partial charge in [0.1, 0.15) is 6.54 Å². The highest BCUT2D eigenvalue weighted by Crippen LogP contribution is 2.31. The zero-order valence-corrected chi connectivity index (χ0v) is 14.0. The molecule has 1 aromatic heterocycles. The number of aromatic nitrogens is 4. The predicted octanol–water partition coefficient (Wildman–Crippen LogP) is 2.44. The van der Waals surface area contributed by atoms with E-state index in [0.29, 0.717) is 11.2 Å². The summed E-state index contributed by atoms with van der Waals surface area (Å²) < 4.78 is 1.84. The quantitative estimate of drug-likeness (QED) is 0.592. The van der Waals surface area contributed by atoms with E-state index in [4.69, 9.17) is 5.26 Å². The Hall–Kier alpha value is -2.40. The molecule has 0 atom stereocenters. The molecule has 1 amide bonds. The minimum atomic E-state index is -0.131. The van der Waals surface area contributed by atoms with Crippen LogP contribution in [0.4, 0.5) is 5.69 Å². The molecule has 1 fully saturated rings. The molecular weight excluding hydrogens is 324 g/mol. The van der Waals surface area contributed by atoms with Gasteiger partial charge in [-0.1, -0.05) is 42.8 Å². The van der Waals surface area contributed by atoms with Crippen LogP contribution in [0.2, 0.25) is 0 Å². The number of rotatable bonds is 6. The molecule has 1 heterocycles. The first-order chi connectivity index (χ1) is 11.8. The minimum Gasteiger partial charge on any atom is -0.298 e. The number of carbonyl (C=O) groups excluding carboxylic acids is 1. The summed E-state index contributed by atoms with van der Waals surface area (Å²) in [5.74, 6) is 0.0673. The van der Waals surface area contributed by atoms with E-state index in [1.54, 1.807) is 0 Å². The molecule has 1 saturated carbocycles. The summed E-state index contributed by atoms with van der Waals surface area (Å²) in [7, 11) is 0. The number of carbonyl (C=O) groups is 1. The van der Waals surface area contributed by atoms with Gasteiger partial charge in [0.2, 0.25) is 11.1 Å². The Morgan fingerprint density at radius 2 is 2.08 bits per heavy atom. The van der Waals surface area contributed by atoms with Crippen LogP contribution in [0.3, 0.4) is 0 Å². The first-order valence-electron chi connectivity index (χ1n) is 7.92. The molecule has 0 spiro atoms. The molecule has 2 aromatic rings. The topological polar surface area (TPSA) is 87.7 Å². The second-order valence-corrected chi connectivity index (χ2v) is 6.55. The lowest BCUT2D eigenvalue weighted by Crippen LogP contribution is -2.32. The maximum atomic E-state index is 12.5. The molecule has 1 aromatic carbocycles. The van der Waals surface area contributed by atoms with E-state index in [1.807, 2.05) is 41.1 Å². The number of hydrogen-bond donors (Lipinski definition) is 0. The van der Waals surface area contributed by atoms with Crippen LogP contribution < -0.4 is 4.90 Å². The van der Waals surface area contributed by atoms with Gasteiger partial charge in [-0.05, 0) is 35.4 Å². The average molecular weight is 342 g/mol. The Morgan fingerprint density at radius 1 is 1.33 bits per heavy atom. The fourth-order valence-electron chi connectivity index (χ4n) is 2.86. The van der Waals surface area contributed by atoms with Gasteiger partial charge < -0.3 is 0 Å². The van der Waals surface area contributed by atoms with Crippen LogP contribution in [-0.4, -0.2) is 38.4 Å². The molecule has 1 aliphatic rings. The van der Waals surface area contributed by atoms with Gasteiger partial charge in [-0.2, -0.15) is 5.26 Å². The van der Waals surface area contributed by atoms with Gasteiger partial charge in [0.05, 0.1) is 17.9 Å². The van der Waals surface area contributed by atoms with Crippen molar-refractivity contribution >= 4 is 23.4 Å². The van der Waals surface area contributed by atoms with Crippen LogP contribution in [0.1, 0.15) is 31.7 Å². The lowest BCUT2D eigenvalue weighted by molar-refractivity contribution is -0.116. The fourth-order valence-corrected chi connectivity index (χ4v) is 3.69. The zero-order valence-electron chi connectivity index (χ0n) is 13.2. The lowest BCUT2D eigenvalue weighted by atomic mass is 10.3. The molecule has 0 bridgehead atoms. The van der Waals surface area contributed by atoms with Crippen molar-refractivity contribution in [3.63, 3.8) is 0 Å². The summed E-state index contributed by atoms with van der Waals surface area (Å²) in [5.41, 5.74) is 0.722. The Labute approximate surface area is 144 Å². The second-order valence-electron chi connectivity index (χ2n) is 5.61. The molecule has 0 radical (unpaired) electrons. The molecule has 124 valence electrons. The van der Waals surface area contributed by atoms with Gasteiger partial charge >= 0.3 is 0 Å². The number of anilines is 1. The van der Waals surface area contributed by atoms with Gasteiger partial charge in [-0.15, -0.1) is 5.10 Å². The van der Waals surface area contributed by atoms with Crippen LogP contribution in [0, 0.1) is 11.3 Å². The third kappa shape index (κ3) is 3.74. The molecular formula is C16H18N6OS. The van der Waals surface area contributed by atoms with Crippen LogP contribution in [-0.2, 0) is 4.79 Å². The van der Waals surface area contributed by atoms with Gasteiger partial charge in [0.25, 0.3) is 0 Å². The summed E-state index contributed by atoms with van der Waals surface area (Å²) in [6.45, 7) is 0.0248. The van der Waals surface area contributed by atoms with E-state index in [1.165, 1.54) is 29.5 Å². The summed E-state index contributed by atoms with van der Waals surface area (Å²) in [4.78, 5) is 14.0. The minimum absolute atomic E-state index is 0.0248. The number of hydrogen-bond acceptors (Lipinski definition) is 6. The summed E-state index contributed by atoms with van der Waals surface area (Å²) >= 11 is 1.32.